The van der Waals surface area contributed by atoms with Gasteiger partial charge in [0, 0.05) is 0 Å². The molecule has 0 aliphatic heterocycles. The number of hydrogen-bond acceptors (Lipinski definition) is 0. The van der Waals surface area contributed by atoms with Crippen LogP contribution in [0.3, 0.4) is 0 Å². The smallest absolute Gasteiger partial charge is 0.00924 e. The summed E-state index contributed by atoms with van der Waals surface area (Å²) in [6, 6.07) is 28.6. The maximum atomic E-state index is 2.48. The average Bonchev–Trinajstić information content (AvgIpc) is 2.91. The van der Waals surface area contributed by atoms with Crippen molar-refractivity contribution in [3.05, 3.63) is 140 Å². The zero-order valence-electron chi connectivity index (χ0n) is 29.9. The third-order valence-electron chi connectivity index (χ3n) is 9.89. The molecule has 0 heterocycles. The summed E-state index contributed by atoms with van der Waals surface area (Å²) in [4.78, 5) is 0. The molecule has 46 heavy (non-hydrogen) atoms. The topological polar surface area (TPSA) is 0 Å². The first kappa shape index (κ1) is 31.6. The van der Waals surface area contributed by atoms with E-state index in [0.717, 1.165) is 0 Å². The maximum Gasteiger partial charge on any atom is -0.00924 e. The van der Waals surface area contributed by atoms with Crippen molar-refractivity contribution in [2.45, 2.75) is 83.1 Å². The Balaban J connectivity index is 1.86. The molecule has 0 radical (unpaired) electrons. The van der Waals surface area contributed by atoms with Gasteiger partial charge in [-0.1, -0.05) is 70.8 Å². The summed E-state index contributed by atoms with van der Waals surface area (Å²) in [6.45, 7) is 27.0. The van der Waals surface area contributed by atoms with Crippen LogP contribution in [0.25, 0.3) is 55.3 Å². The summed E-state index contributed by atoms with van der Waals surface area (Å²) in [5.41, 5.74) is 26.4. The van der Waals surface area contributed by atoms with Crippen LogP contribution in [-0.2, 0) is 0 Å². The maximum absolute atomic E-state index is 2.48. The van der Waals surface area contributed by atoms with E-state index in [0.29, 0.717) is 0 Å². The standard InChI is InChI=1S/C46H48/c1-25-13-29(5)43(30(6)14-25)37-21-39-40(41(23-37)45-33(9)17-27(3)18-34(45)10)22-38(44-31(7)15-26(2)16-32(44)8)24-42(39)46-35(11)19-28(4)20-36(46)12/h13-24H,1-12H3. The minimum absolute atomic E-state index is 1.29. The van der Waals surface area contributed by atoms with E-state index in [9.17, 15) is 0 Å². The quantitative estimate of drug-likeness (QED) is 0.189. The summed E-state index contributed by atoms with van der Waals surface area (Å²) in [6.07, 6.45) is 0. The van der Waals surface area contributed by atoms with Gasteiger partial charge in [0.1, 0.15) is 0 Å². The van der Waals surface area contributed by atoms with Gasteiger partial charge < -0.3 is 0 Å². The van der Waals surface area contributed by atoms with Crippen LogP contribution in [0.15, 0.2) is 72.8 Å². The lowest BCUT2D eigenvalue weighted by atomic mass is 9.81. The lowest BCUT2D eigenvalue weighted by molar-refractivity contribution is 1.31. The Hall–Kier alpha value is -4.42. The lowest BCUT2D eigenvalue weighted by Gasteiger charge is -2.23. The second-order valence-corrected chi connectivity index (χ2v) is 14.2. The molecule has 0 aliphatic rings. The monoisotopic (exact) mass is 600 g/mol. The third kappa shape index (κ3) is 5.49. The molecular formula is C46H48. The summed E-state index contributed by atoms with van der Waals surface area (Å²) in [7, 11) is 0. The summed E-state index contributed by atoms with van der Waals surface area (Å²) >= 11 is 0. The third-order valence-corrected chi connectivity index (χ3v) is 9.89. The number of rotatable bonds is 4. The largest absolute Gasteiger partial charge is 0.0557 e. The Bertz CT molecular complexity index is 1950. The zero-order chi connectivity index (χ0) is 33.2. The Morgan fingerprint density at radius 2 is 0.457 bits per heavy atom. The SMILES string of the molecule is Cc1cc(C)c(-c2cc(-c3c(C)cc(C)cc3C)c3cc(-c4c(C)cc(C)cc4C)cc(-c4c(C)cc(C)cc4C)c3c2)c(C)c1. The number of aryl methyl sites for hydroxylation is 12. The molecule has 0 saturated carbocycles. The van der Waals surface area contributed by atoms with E-state index in [1.807, 2.05) is 0 Å². The molecule has 0 atom stereocenters. The molecule has 0 fully saturated rings. The van der Waals surface area contributed by atoms with Gasteiger partial charge in [-0.05, 0) is 207 Å². The van der Waals surface area contributed by atoms with Crippen LogP contribution < -0.4 is 0 Å². The van der Waals surface area contributed by atoms with Gasteiger partial charge in [-0.25, -0.2) is 0 Å². The first-order chi connectivity index (χ1) is 21.7. The molecule has 0 spiro atoms. The van der Waals surface area contributed by atoms with Crippen molar-refractivity contribution in [3.63, 3.8) is 0 Å². The van der Waals surface area contributed by atoms with Gasteiger partial charge in [-0.3, -0.25) is 0 Å². The summed E-state index contributed by atoms with van der Waals surface area (Å²) in [5.74, 6) is 0. The van der Waals surface area contributed by atoms with Crippen molar-refractivity contribution < 1.29 is 0 Å². The van der Waals surface area contributed by atoms with E-state index < -0.39 is 0 Å². The molecule has 0 aromatic heterocycles. The van der Waals surface area contributed by atoms with Crippen LogP contribution in [0.5, 0.6) is 0 Å². The molecular weight excluding hydrogens is 553 g/mol. The van der Waals surface area contributed by atoms with Gasteiger partial charge >= 0.3 is 0 Å². The van der Waals surface area contributed by atoms with Gasteiger partial charge in [-0.2, -0.15) is 0 Å². The predicted octanol–water partition coefficient (Wildman–Crippen LogP) is 13.2. The lowest BCUT2D eigenvalue weighted by Crippen LogP contribution is -1.98. The zero-order valence-corrected chi connectivity index (χ0v) is 29.9. The fourth-order valence-electron chi connectivity index (χ4n) is 8.64. The van der Waals surface area contributed by atoms with Gasteiger partial charge in [0.2, 0.25) is 0 Å². The van der Waals surface area contributed by atoms with E-state index in [4.69, 9.17) is 0 Å². The van der Waals surface area contributed by atoms with E-state index >= 15 is 0 Å². The van der Waals surface area contributed by atoms with Crippen molar-refractivity contribution >= 4 is 10.8 Å². The molecule has 6 rings (SSSR count). The molecule has 0 aliphatic carbocycles. The van der Waals surface area contributed by atoms with Gasteiger partial charge in [0.25, 0.3) is 0 Å². The van der Waals surface area contributed by atoms with Crippen LogP contribution in [0, 0.1) is 83.1 Å². The van der Waals surface area contributed by atoms with Gasteiger partial charge in [0.05, 0.1) is 0 Å². The van der Waals surface area contributed by atoms with Crippen molar-refractivity contribution in [2.24, 2.45) is 0 Å². The highest BCUT2D eigenvalue weighted by Crippen LogP contribution is 2.46. The van der Waals surface area contributed by atoms with Crippen LogP contribution in [0.2, 0.25) is 0 Å². The van der Waals surface area contributed by atoms with Crippen molar-refractivity contribution in [1.82, 2.24) is 0 Å². The predicted molar refractivity (Wildman–Crippen MR) is 203 cm³/mol. The highest BCUT2D eigenvalue weighted by molar-refractivity contribution is 6.10. The minimum Gasteiger partial charge on any atom is -0.0557 e. The van der Waals surface area contributed by atoms with Crippen molar-refractivity contribution in [1.29, 1.82) is 0 Å². The summed E-state index contributed by atoms with van der Waals surface area (Å²) < 4.78 is 0. The highest BCUT2D eigenvalue weighted by Gasteiger charge is 2.21. The average molecular weight is 601 g/mol. The summed E-state index contributed by atoms with van der Waals surface area (Å²) in [5, 5.41) is 2.62. The Morgan fingerprint density at radius 3 is 0.696 bits per heavy atom. The van der Waals surface area contributed by atoms with E-state index in [1.54, 1.807) is 0 Å². The minimum atomic E-state index is 1.29. The van der Waals surface area contributed by atoms with Crippen LogP contribution in [0.1, 0.15) is 66.8 Å². The molecule has 6 aromatic rings. The second kappa shape index (κ2) is 11.7. The molecule has 0 unspecified atom stereocenters. The van der Waals surface area contributed by atoms with Gasteiger partial charge in [-0.15, -0.1) is 0 Å². The molecule has 0 heteroatoms. The molecule has 0 saturated heterocycles. The fraction of sp³-hybridized carbons (Fsp3) is 0.261. The Kier molecular flexibility index (Phi) is 8.06. The molecule has 0 nitrogen and oxygen atoms in total. The number of benzene rings is 6. The second-order valence-electron chi connectivity index (χ2n) is 14.2. The van der Waals surface area contributed by atoms with Gasteiger partial charge in [0.15, 0.2) is 0 Å². The first-order valence-corrected chi connectivity index (χ1v) is 16.7. The van der Waals surface area contributed by atoms with Crippen molar-refractivity contribution in [3.8, 4) is 44.5 Å². The molecule has 0 amide bonds. The van der Waals surface area contributed by atoms with E-state index in [-0.39, 0.29) is 0 Å². The molecule has 6 aromatic carbocycles. The van der Waals surface area contributed by atoms with Crippen LogP contribution in [-0.4, -0.2) is 0 Å². The molecule has 0 N–H and O–H groups in total. The molecule has 232 valence electrons. The fourth-order valence-corrected chi connectivity index (χ4v) is 8.64. The van der Waals surface area contributed by atoms with E-state index in [2.05, 4.69) is 156 Å². The van der Waals surface area contributed by atoms with Crippen LogP contribution >= 0.6 is 0 Å². The highest BCUT2D eigenvalue weighted by atomic mass is 14.2. The van der Waals surface area contributed by atoms with E-state index in [1.165, 1.54) is 122 Å². The Labute approximate surface area is 277 Å². The van der Waals surface area contributed by atoms with Crippen molar-refractivity contribution in [2.75, 3.05) is 0 Å². The first-order valence-electron chi connectivity index (χ1n) is 16.7. The number of hydrogen-bond donors (Lipinski definition) is 0. The number of fused-ring (bicyclic) bond motifs is 1. The normalized spacial score (nSPS) is 11.5. The van der Waals surface area contributed by atoms with Crippen LogP contribution in [0.4, 0.5) is 0 Å². The Morgan fingerprint density at radius 1 is 0.239 bits per heavy atom. The molecule has 0 bridgehead atoms.